The van der Waals surface area contributed by atoms with Crippen molar-refractivity contribution >= 4 is 22.4 Å². The molecule has 140 valence electrons. The zero-order valence-electron chi connectivity index (χ0n) is 15.7. The molecule has 1 amide bonds. The van der Waals surface area contributed by atoms with E-state index < -0.39 is 0 Å². The highest BCUT2D eigenvalue weighted by Crippen LogP contribution is 2.30. The lowest BCUT2D eigenvalue weighted by Crippen LogP contribution is -2.42. The highest BCUT2D eigenvalue weighted by molar-refractivity contribution is 5.93. The Morgan fingerprint density at radius 1 is 1.33 bits per heavy atom. The van der Waals surface area contributed by atoms with E-state index in [2.05, 4.69) is 64.8 Å². The van der Waals surface area contributed by atoms with Crippen molar-refractivity contribution < 1.29 is 4.79 Å². The molecule has 0 radical (unpaired) electrons. The Bertz CT molecular complexity index is 958. The summed E-state index contributed by atoms with van der Waals surface area (Å²) in [6, 6.07) is 7.96. The molecular weight excluding hydrogens is 340 g/mol. The summed E-state index contributed by atoms with van der Waals surface area (Å²) in [6.07, 6.45) is 7.50. The van der Waals surface area contributed by atoms with Gasteiger partial charge in [-0.05, 0) is 34.4 Å². The quantitative estimate of drug-likeness (QED) is 0.754. The molecular formula is C20H24N6O. The van der Waals surface area contributed by atoms with Crippen LogP contribution in [-0.4, -0.2) is 49.1 Å². The maximum absolute atomic E-state index is 13.2. The molecule has 2 aromatic heterocycles. The van der Waals surface area contributed by atoms with E-state index in [9.17, 15) is 4.79 Å². The van der Waals surface area contributed by atoms with Crippen molar-refractivity contribution in [1.82, 2.24) is 30.1 Å². The maximum atomic E-state index is 13.2. The van der Waals surface area contributed by atoms with Crippen LogP contribution >= 0.6 is 0 Å². The molecule has 0 saturated heterocycles. The molecule has 0 spiro atoms. The van der Waals surface area contributed by atoms with Crippen molar-refractivity contribution in [2.75, 3.05) is 13.1 Å². The number of carbonyl (C=O) groups excluding carboxylic acids is 1. The van der Waals surface area contributed by atoms with Crippen LogP contribution < -0.4 is 0 Å². The van der Waals surface area contributed by atoms with Gasteiger partial charge in [-0.25, -0.2) is 4.68 Å². The number of amides is 1. The van der Waals surface area contributed by atoms with Crippen LogP contribution in [-0.2, 0) is 4.79 Å². The van der Waals surface area contributed by atoms with Crippen molar-refractivity contribution in [2.45, 2.75) is 32.7 Å². The molecule has 1 N–H and O–H groups in total. The third-order valence-corrected chi connectivity index (χ3v) is 5.54. The molecule has 4 rings (SSSR count). The van der Waals surface area contributed by atoms with Gasteiger partial charge < -0.3 is 9.88 Å². The number of hydrogen-bond acceptors (Lipinski definition) is 4. The zero-order chi connectivity index (χ0) is 18.8. The van der Waals surface area contributed by atoms with E-state index >= 15 is 0 Å². The van der Waals surface area contributed by atoms with Gasteiger partial charge in [-0.3, -0.25) is 4.79 Å². The number of fused-ring (bicyclic) bond motifs is 1. The molecule has 7 heteroatoms. The fraction of sp³-hybridized carbons (Fsp3) is 0.400. The second-order valence-electron chi connectivity index (χ2n) is 7.13. The van der Waals surface area contributed by atoms with Gasteiger partial charge in [0.05, 0.1) is 0 Å². The van der Waals surface area contributed by atoms with E-state index in [4.69, 9.17) is 0 Å². The molecule has 2 atom stereocenters. The van der Waals surface area contributed by atoms with E-state index in [1.54, 1.807) is 4.68 Å². The van der Waals surface area contributed by atoms with Crippen LogP contribution in [0.4, 0.5) is 0 Å². The smallest absolute Gasteiger partial charge is 0.248 e. The minimum atomic E-state index is -0.354. The van der Waals surface area contributed by atoms with E-state index in [0.717, 1.165) is 18.4 Å². The monoisotopic (exact) mass is 364 g/mol. The largest absolute Gasteiger partial charge is 0.361 e. The lowest BCUT2D eigenvalue weighted by molar-refractivity contribution is -0.136. The molecule has 1 aromatic carbocycles. The first-order chi connectivity index (χ1) is 13.2. The van der Waals surface area contributed by atoms with Gasteiger partial charge in [0.2, 0.25) is 5.91 Å². The molecule has 0 saturated carbocycles. The van der Waals surface area contributed by atoms with E-state index in [1.807, 2.05) is 11.0 Å². The molecule has 1 aliphatic rings. The second-order valence-corrected chi connectivity index (χ2v) is 7.13. The first kappa shape index (κ1) is 17.5. The third kappa shape index (κ3) is 3.25. The molecule has 1 aliphatic heterocycles. The summed E-state index contributed by atoms with van der Waals surface area (Å²) in [5.41, 5.74) is 3.66. The molecule has 3 aromatic rings. The third-order valence-electron chi connectivity index (χ3n) is 5.54. The lowest BCUT2D eigenvalue weighted by Gasteiger charge is -2.31. The van der Waals surface area contributed by atoms with Gasteiger partial charge in [0.25, 0.3) is 0 Å². The second kappa shape index (κ2) is 7.34. The van der Waals surface area contributed by atoms with Gasteiger partial charge in [0.1, 0.15) is 12.4 Å². The Kier molecular flexibility index (Phi) is 4.75. The first-order valence-corrected chi connectivity index (χ1v) is 9.45. The van der Waals surface area contributed by atoms with Crippen molar-refractivity contribution in [3.8, 4) is 0 Å². The summed E-state index contributed by atoms with van der Waals surface area (Å²) in [7, 11) is 0. The number of benzene rings is 1. The summed E-state index contributed by atoms with van der Waals surface area (Å²) in [6.45, 7) is 5.48. The number of para-hydroxylation sites is 1. The van der Waals surface area contributed by atoms with Crippen LogP contribution in [0.15, 0.2) is 42.9 Å². The number of nitrogens with zero attached hydrogens (tertiary/aromatic N) is 5. The maximum Gasteiger partial charge on any atom is 0.248 e. The van der Waals surface area contributed by atoms with Crippen LogP contribution in [0.2, 0.25) is 0 Å². The van der Waals surface area contributed by atoms with Crippen LogP contribution in [0.3, 0.4) is 0 Å². The normalized spacial score (nSPS) is 17.0. The number of carbonyl (C=O) groups is 1. The average Bonchev–Trinajstić information content (AvgIpc) is 3.38. The summed E-state index contributed by atoms with van der Waals surface area (Å²) in [5, 5.41) is 12.6. The van der Waals surface area contributed by atoms with Gasteiger partial charge in [-0.15, -0.1) is 5.10 Å². The molecule has 27 heavy (non-hydrogen) atoms. The van der Waals surface area contributed by atoms with Gasteiger partial charge in [0, 0.05) is 35.8 Å². The molecule has 3 heterocycles. The van der Waals surface area contributed by atoms with Gasteiger partial charge in [0.15, 0.2) is 0 Å². The topological polar surface area (TPSA) is 79.7 Å². The predicted octanol–water partition coefficient (Wildman–Crippen LogP) is 3.06. The number of nitrogens with one attached hydrogen (secondary N) is 1. The van der Waals surface area contributed by atoms with Crippen molar-refractivity contribution in [2.24, 2.45) is 5.92 Å². The summed E-state index contributed by atoms with van der Waals surface area (Å²) < 4.78 is 1.59. The Morgan fingerprint density at radius 3 is 2.89 bits per heavy atom. The Morgan fingerprint density at radius 2 is 2.19 bits per heavy atom. The molecule has 2 unspecified atom stereocenters. The van der Waals surface area contributed by atoms with Crippen molar-refractivity contribution in [3.05, 3.63) is 48.4 Å². The van der Waals surface area contributed by atoms with Gasteiger partial charge in [-0.1, -0.05) is 44.5 Å². The first-order valence-electron chi connectivity index (χ1n) is 9.45. The number of aromatic amines is 1. The number of rotatable bonds is 5. The SMILES string of the molecule is CCC(C)C(C(=O)N1CC=C(c2c[nH]c3ccccc23)CC1)n1cnnn1. The predicted molar refractivity (Wildman–Crippen MR) is 104 cm³/mol. The molecule has 0 fully saturated rings. The number of H-pyrrole nitrogens is 1. The van der Waals surface area contributed by atoms with Crippen LogP contribution in [0, 0.1) is 5.92 Å². The van der Waals surface area contributed by atoms with Crippen molar-refractivity contribution in [3.63, 3.8) is 0 Å². The summed E-state index contributed by atoms with van der Waals surface area (Å²) >= 11 is 0. The fourth-order valence-corrected chi connectivity index (χ4v) is 3.77. The van der Waals surface area contributed by atoms with E-state index in [1.165, 1.54) is 22.9 Å². The van der Waals surface area contributed by atoms with Gasteiger partial charge in [-0.2, -0.15) is 0 Å². The number of hydrogen-bond donors (Lipinski definition) is 1. The summed E-state index contributed by atoms with van der Waals surface area (Å²) in [5.74, 6) is 0.255. The number of aromatic nitrogens is 5. The molecule has 0 aliphatic carbocycles. The minimum Gasteiger partial charge on any atom is -0.361 e. The molecule has 7 nitrogen and oxygen atoms in total. The Labute approximate surface area is 158 Å². The highest BCUT2D eigenvalue weighted by Gasteiger charge is 2.32. The fourth-order valence-electron chi connectivity index (χ4n) is 3.77. The zero-order valence-corrected chi connectivity index (χ0v) is 15.7. The van der Waals surface area contributed by atoms with E-state index in [0.29, 0.717) is 13.1 Å². The van der Waals surface area contributed by atoms with Crippen LogP contribution in [0.5, 0.6) is 0 Å². The standard InChI is InChI=1S/C20H24N6O/c1-3-14(2)19(26-13-22-23-24-26)20(27)25-10-8-15(9-11-25)17-12-21-18-7-5-4-6-16(17)18/h4-8,12-14,19,21H,3,9-11H2,1-2H3. The molecule has 0 bridgehead atoms. The van der Waals surface area contributed by atoms with Gasteiger partial charge >= 0.3 is 0 Å². The lowest BCUT2D eigenvalue weighted by atomic mass is 9.95. The number of tetrazole rings is 1. The van der Waals surface area contributed by atoms with Crippen LogP contribution in [0.25, 0.3) is 16.5 Å². The Hall–Kier alpha value is -2.96. The van der Waals surface area contributed by atoms with Crippen molar-refractivity contribution in [1.29, 1.82) is 0 Å². The summed E-state index contributed by atoms with van der Waals surface area (Å²) in [4.78, 5) is 18.4. The Balaban J connectivity index is 1.54. The van der Waals surface area contributed by atoms with E-state index in [-0.39, 0.29) is 17.9 Å². The van der Waals surface area contributed by atoms with Crippen LogP contribution in [0.1, 0.15) is 38.3 Å². The highest BCUT2D eigenvalue weighted by atomic mass is 16.2. The minimum absolute atomic E-state index is 0.0888. The average molecular weight is 364 g/mol.